The monoisotopic (exact) mass is 385 g/mol. The molecule has 0 spiro atoms. The molecular formula is C19H15N9O. The summed E-state index contributed by atoms with van der Waals surface area (Å²) in [5.41, 5.74) is 9.08. The van der Waals surface area contributed by atoms with E-state index in [-0.39, 0.29) is 18.3 Å². The lowest BCUT2D eigenvalue weighted by Crippen LogP contribution is -2.18. The highest BCUT2D eigenvalue weighted by Crippen LogP contribution is 2.22. The third-order valence-corrected chi connectivity index (χ3v) is 4.42. The lowest BCUT2D eigenvalue weighted by Gasteiger charge is -2.07. The van der Waals surface area contributed by atoms with Gasteiger partial charge in [0.05, 0.1) is 12.0 Å². The van der Waals surface area contributed by atoms with Crippen molar-refractivity contribution in [2.75, 3.05) is 11.1 Å². The molecule has 1 aromatic carbocycles. The Morgan fingerprint density at radius 3 is 2.97 bits per heavy atom. The highest BCUT2D eigenvalue weighted by molar-refractivity contribution is 5.92. The van der Waals surface area contributed by atoms with Crippen molar-refractivity contribution >= 4 is 34.4 Å². The van der Waals surface area contributed by atoms with Gasteiger partial charge in [-0.2, -0.15) is 0 Å². The van der Waals surface area contributed by atoms with Gasteiger partial charge in [-0.3, -0.25) is 9.20 Å². The van der Waals surface area contributed by atoms with Crippen molar-refractivity contribution in [2.45, 2.75) is 6.54 Å². The first-order valence-electron chi connectivity index (χ1n) is 8.79. The number of nitrogens with one attached hydrogen (secondary N) is 1. The average Bonchev–Trinajstić information content (AvgIpc) is 3.33. The molecule has 0 aliphatic carbocycles. The highest BCUT2D eigenvalue weighted by atomic mass is 16.1. The third-order valence-electron chi connectivity index (χ3n) is 4.42. The molecule has 5 rings (SSSR count). The summed E-state index contributed by atoms with van der Waals surface area (Å²) in [4.78, 5) is 33.5. The van der Waals surface area contributed by atoms with E-state index in [1.165, 1.54) is 12.7 Å². The van der Waals surface area contributed by atoms with Gasteiger partial charge in [-0.1, -0.05) is 12.1 Å². The van der Waals surface area contributed by atoms with Gasteiger partial charge >= 0.3 is 0 Å². The summed E-state index contributed by atoms with van der Waals surface area (Å²) in [5, 5.41) is 2.89. The third kappa shape index (κ3) is 3.12. The molecule has 29 heavy (non-hydrogen) atoms. The largest absolute Gasteiger partial charge is 0.382 e. The first-order valence-corrected chi connectivity index (χ1v) is 8.79. The van der Waals surface area contributed by atoms with E-state index >= 15 is 0 Å². The number of hydrogen-bond donors (Lipinski definition) is 2. The Morgan fingerprint density at radius 1 is 1.14 bits per heavy atom. The number of carbonyl (C=O) groups excluding carboxylic acids is 1. The predicted octanol–water partition coefficient (Wildman–Crippen LogP) is 1.76. The highest BCUT2D eigenvalue weighted by Gasteiger charge is 2.12. The van der Waals surface area contributed by atoms with Gasteiger partial charge in [-0.05, 0) is 18.2 Å². The Morgan fingerprint density at radius 2 is 2.07 bits per heavy atom. The summed E-state index contributed by atoms with van der Waals surface area (Å²) in [7, 11) is 0. The number of rotatable bonds is 4. The van der Waals surface area contributed by atoms with Crippen LogP contribution < -0.4 is 11.1 Å². The zero-order chi connectivity index (χ0) is 19.8. The number of amides is 1. The first kappa shape index (κ1) is 16.8. The van der Waals surface area contributed by atoms with Gasteiger partial charge in [0.25, 0.3) is 0 Å². The fourth-order valence-corrected chi connectivity index (χ4v) is 3.10. The molecular weight excluding hydrogens is 370 g/mol. The van der Waals surface area contributed by atoms with Gasteiger partial charge in [-0.25, -0.2) is 24.9 Å². The van der Waals surface area contributed by atoms with Crippen molar-refractivity contribution in [2.24, 2.45) is 0 Å². The Kier molecular flexibility index (Phi) is 3.87. The average molecular weight is 385 g/mol. The maximum Gasteiger partial charge on any atom is 0.244 e. The number of aromatic nitrogens is 7. The van der Waals surface area contributed by atoms with Crippen LogP contribution >= 0.6 is 0 Å². The van der Waals surface area contributed by atoms with E-state index in [1.54, 1.807) is 10.8 Å². The minimum atomic E-state index is -0.213. The maximum absolute atomic E-state index is 12.5. The molecule has 0 unspecified atom stereocenters. The molecule has 4 aromatic heterocycles. The number of hydrogen-bond acceptors (Lipinski definition) is 7. The van der Waals surface area contributed by atoms with E-state index < -0.39 is 0 Å². The normalized spacial score (nSPS) is 11.2. The molecule has 0 radical (unpaired) electrons. The van der Waals surface area contributed by atoms with Crippen LogP contribution in [0.2, 0.25) is 0 Å². The second-order valence-corrected chi connectivity index (χ2v) is 6.39. The molecule has 142 valence electrons. The second-order valence-electron chi connectivity index (χ2n) is 6.39. The van der Waals surface area contributed by atoms with E-state index in [4.69, 9.17) is 5.73 Å². The molecule has 10 nitrogen and oxygen atoms in total. The molecule has 0 saturated carbocycles. The summed E-state index contributed by atoms with van der Waals surface area (Å²) < 4.78 is 3.47. The summed E-state index contributed by atoms with van der Waals surface area (Å²) in [5.74, 6) is 0.685. The SMILES string of the molecule is Nc1ncnc2c1ncn2CC(=O)Nc1cccc(-c2cn3cccnc3n2)c1. The van der Waals surface area contributed by atoms with Crippen LogP contribution in [0.25, 0.3) is 28.2 Å². The Bertz CT molecular complexity index is 1320. The molecule has 4 heterocycles. The number of carbonyl (C=O) groups is 1. The summed E-state index contributed by atoms with van der Waals surface area (Å²) in [6.45, 7) is 0.0511. The van der Waals surface area contributed by atoms with Crippen LogP contribution in [-0.4, -0.2) is 39.8 Å². The van der Waals surface area contributed by atoms with Crippen molar-refractivity contribution < 1.29 is 4.79 Å². The van der Waals surface area contributed by atoms with Gasteiger partial charge in [-0.15, -0.1) is 0 Å². The molecule has 0 aliphatic heterocycles. The zero-order valence-electron chi connectivity index (χ0n) is 15.1. The molecule has 0 bridgehead atoms. The summed E-state index contributed by atoms with van der Waals surface area (Å²) in [6, 6.07) is 9.32. The van der Waals surface area contributed by atoms with E-state index in [0.29, 0.717) is 22.6 Å². The molecule has 5 aromatic rings. The van der Waals surface area contributed by atoms with Gasteiger partial charge in [0.15, 0.2) is 11.5 Å². The minimum absolute atomic E-state index is 0.0511. The summed E-state index contributed by atoms with van der Waals surface area (Å²) >= 11 is 0. The van der Waals surface area contributed by atoms with Crippen LogP contribution in [0.4, 0.5) is 11.5 Å². The number of nitrogens with two attached hydrogens (primary N) is 1. The van der Waals surface area contributed by atoms with Crippen LogP contribution in [0.5, 0.6) is 0 Å². The van der Waals surface area contributed by atoms with E-state index in [0.717, 1.165) is 11.3 Å². The molecule has 0 aliphatic rings. The number of nitrogens with zero attached hydrogens (tertiary/aromatic N) is 7. The lowest BCUT2D eigenvalue weighted by molar-refractivity contribution is -0.116. The van der Waals surface area contributed by atoms with Crippen molar-refractivity contribution in [3.63, 3.8) is 0 Å². The smallest absolute Gasteiger partial charge is 0.244 e. The van der Waals surface area contributed by atoms with Crippen molar-refractivity contribution in [1.29, 1.82) is 0 Å². The zero-order valence-corrected chi connectivity index (χ0v) is 15.1. The van der Waals surface area contributed by atoms with Gasteiger partial charge < -0.3 is 15.6 Å². The van der Waals surface area contributed by atoms with E-state index in [1.807, 2.05) is 47.1 Å². The van der Waals surface area contributed by atoms with Crippen LogP contribution in [0.1, 0.15) is 0 Å². The number of fused-ring (bicyclic) bond motifs is 2. The first-order chi connectivity index (χ1) is 14.2. The second kappa shape index (κ2) is 6.68. The Balaban J connectivity index is 1.37. The van der Waals surface area contributed by atoms with Gasteiger partial charge in [0, 0.05) is 29.8 Å². The van der Waals surface area contributed by atoms with E-state index in [9.17, 15) is 4.79 Å². The quantitative estimate of drug-likeness (QED) is 0.482. The van der Waals surface area contributed by atoms with E-state index in [2.05, 4.69) is 30.2 Å². The minimum Gasteiger partial charge on any atom is -0.382 e. The number of anilines is 2. The lowest BCUT2D eigenvalue weighted by atomic mass is 10.1. The molecule has 0 atom stereocenters. The summed E-state index contributed by atoms with van der Waals surface area (Å²) in [6.07, 6.45) is 8.35. The van der Waals surface area contributed by atoms with Crippen LogP contribution in [-0.2, 0) is 11.3 Å². The van der Waals surface area contributed by atoms with Crippen molar-refractivity contribution in [3.05, 3.63) is 61.6 Å². The predicted molar refractivity (Wildman–Crippen MR) is 107 cm³/mol. The fraction of sp³-hybridized carbons (Fsp3) is 0.0526. The van der Waals surface area contributed by atoms with Crippen LogP contribution in [0.3, 0.4) is 0 Å². The molecule has 0 fully saturated rings. The molecule has 3 N–H and O–H groups in total. The standard InChI is InChI=1S/C19H15N9O/c20-17-16-18(23-10-22-17)28(11-24-16)9-15(29)25-13-4-1-3-12(7-13)14-8-27-6-2-5-21-19(27)26-14/h1-8,10-11H,9H2,(H,25,29)(H2,20,22,23). The topological polar surface area (TPSA) is 129 Å². The van der Waals surface area contributed by atoms with Crippen molar-refractivity contribution in [1.82, 2.24) is 33.9 Å². The van der Waals surface area contributed by atoms with Gasteiger partial charge in [0.1, 0.15) is 18.4 Å². The Labute approximate surface area is 164 Å². The number of imidazole rings is 2. The number of benzene rings is 1. The van der Waals surface area contributed by atoms with Crippen molar-refractivity contribution in [3.8, 4) is 11.3 Å². The molecule has 10 heteroatoms. The fourth-order valence-electron chi connectivity index (χ4n) is 3.10. The number of nitrogen functional groups attached to an aromatic ring is 1. The Hall–Kier alpha value is -4.34. The van der Waals surface area contributed by atoms with Crippen LogP contribution in [0, 0.1) is 0 Å². The molecule has 0 saturated heterocycles. The maximum atomic E-state index is 12.5. The van der Waals surface area contributed by atoms with Crippen LogP contribution in [0.15, 0.2) is 61.6 Å². The molecule has 1 amide bonds. The van der Waals surface area contributed by atoms with Gasteiger partial charge in [0.2, 0.25) is 11.7 Å².